The molecule has 30 heavy (non-hydrogen) atoms. The lowest BCUT2D eigenvalue weighted by atomic mass is 10.1. The predicted molar refractivity (Wildman–Crippen MR) is 117 cm³/mol. The van der Waals surface area contributed by atoms with Crippen LogP contribution in [-0.2, 0) is 11.3 Å². The predicted octanol–water partition coefficient (Wildman–Crippen LogP) is 3.36. The molecule has 0 N–H and O–H groups in total. The zero-order valence-electron chi connectivity index (χ0n) is 17.5. The monoisotopic (exact) mass is 404 g/mol. The molecule has 1 aromatic heterocycles. The van der Waals surface area contributed by atoms with E-state index in [4.69, 9.17) is 4.74 Å². The number of benzene rings is 1. The molecule has 1 amide bonds. The van der Waals surface area contributed by atoms with Crippen molar-refractivity contribution in [1.29, 1.82) is 0 Å². The number of piperidine rings is 1. The van der Waals surface area contributed by atoms with Gasteiger partial charge in [-0.1, -0.05) is 24.0 Å². The summed E-state index contributed by atoms with van der Waals surface area (Å²) in [5, 5.41) is 0. The molecule has 156 valence electrons. The van der Waals surface area contributed by atoms with Gasteiger partial charge in [-0.2, -0.15) is 0 Å². The number of hydrogen-bond acceptors (Lipinski definition) is 3. The number of aryl methyl sites for hydroxylation is 1. The van der Waals surface area contributed by atoms with E-state index in [-0.39, 0.29) is 18.1 Å². The molecular weight excluding hydrogens is 376 g/mol. The van der Waals surface area contributed by atoms with Crippen molar-refractivity contribution >= 4 is 5.91 Å². The van der Waals surface area contributed by atoms with Crippen molar-refractivity contribution in [3.05, 3.63) is 63.6 Å². The van der Waals surface area contributed by atoms with Gasteiger partial charge in [0, 0.05) is 36.3 Å². The lowest BCUT2D eigenvalue weighted by Gasteiger charge is -2.26. The fourth-order valence-corrected chi connectivity index (χ4v) is 3.65. The van der Waals surface area contributed by atoms with E-state index in [0.717, 1.165) is 42.8 Å². The highest BCUT2D eigenvalue weighted by molar-refractivity contribution is 5.77. The van der Waals surface area contributed by atoms with Crippen molar-refractivity contribution in [2.75, 3.05) is 19.7 Å². The second kappa shape index (κ2) is 9.21. The van der Waals surface area contributed by atoms with Crippen molar-refractivity contribution < 1.29 is 9.53 Å². The number of ether oxygens (including phenoxy) is 1. The Morgan fingerprint density at radius 2 is 1.83 bits per heavy atom. The summed E-state index contributed by atoms with van der Waals surface area (Å²) in [7, 11) is 0. The maximum atomic E-state index is 12.6. The molecule has 0 spiro atoms. The highest BCUT2D eigenvalue weighted by atomic mass is 16.5. The molecule has 1 saturated carbocycles. The number of rotatable bonds is 5. The molecule has 0 radical (unpaired) electrons. The Morgan fingerprint density at radius 3 is 2.50 bits per heavy atom. The number of nitrogens with zero attached hydrogens (tertiary/aromatic N) is 2. The minimum Gasteiger partial charge on any atom is -0.484 e. The van der Waals surface area contributed by atoms with Gasteiger partial charge in [-0.15, -0.1) is 0 Å². The molecule has 0 atom stereocenters. The van der Waals surface area contributed by atoms with Crippen LogP contribution >= 0.6 is 0 Å². The van der Waals surface area contributed by atoms with E-state index in [2.05, 4.69) is 11.8 Å². The molecule has 1 aliphatic carbocycles. The number of hydrogen-bond donors (Lipinski definition) is 0. The van der Waals surface area contributed by atoms with E-state index in [1.807, 2.05) is 42.2 Å². The summed E-state index contributed by atoms with van der Waals surface area (Å²) in [6.07, 6.45) is 5.72. The van der Waals surface area contributed by atoms with E-state index in [1.54, 1.807) is 4.57 Å². The van der Waals surface area contributed by atoms with Gasteiger partial charge in [0.05, 0.1) is 6.54 Å². The molecule has 1 saturated heterocycles. The standard InChI is InChI=1S/C25H28N2O3/c1-19-15-23(30-18-25(29)26-13-3-2-4-14-26)16-24(28)27(19)17-22-11-9-21(10-12-22)8-7-20-5-6-20/h9-12,15-16,20H,2-6,13-14,17-18H2,1H3. The molecule has 5 nitrogen and oxygen atoms in total. The van der Waals surface area contributed by atoms with Crippen LogP contribution in [0.3, 0.4) is 0 Å². The normalized spacial score (nSPS) is 16.0. The molecule has 0 unspecified atom stereocenters. The zero-order chi connectivity index (χ0) is 20.9. The zero-order valence-corrected chi connectivity index (χ0v) is 17.5. The van der Waals surface area contributed by atoms with Gasteiger partial charge in [0.2, 0.25) is 0 Å². The molecule has 2 fully saturated rings. The first-order valence-corrected chi connectivity index (χ1v) is 10.8. The van der Waals surface area contributed by atoms with Crippen LogP contribution < -0.4 is 10.3 Å². The Kier molecular flexibility index (Phi) is 6.23. The van der Waals surface area contributed by atoms with E-state index >= 15 is 0 Å². The average Bonchev–Trinajstić information content (AvgIpc) is 3.59. The fourth-order valence-electron chi connectivity index (χ4n) is 3.65. The van der Waals surface area contributed by atoms with Gasteiger partial charge in [-0.3, -0.25) is 9.59 Å². The molecule has 4 rings (SSSR count). The van der Waals surface area contributed by atoms with Crippen LogP contribution in [0.25, 0.3) is 0 Å². The van der Waals surface area contributed by atoms with E-state index in [0.29, 0.717) is 18.2 Å². The Labute approximate surface area is 177 Å². The molecule has 2 aromatic rings. The Morgan fingerprint density at radius 1 is 1.10 bits per heavy atom. The first kappa shape index (κ1) is 20.3. The molecule has 1 aromatic carbocycles. The summed E-state index contributed by atoms with van der Waals surface area (Å²) >= 11 is 0. The van der Waals surface area contributed by atoms with Gasteiger partial charge >= 0.3 is 0 Å². The smallest absolute Gasteiger partial charge is 0.260 e. The van der Waals surface area contributed by atoms with E-state index in [1.165, 1.54) is 25.3 Å². The van der Waals surface area contributed by atoms with Gasteiger partial charge < -0.3 is 14.2 Å². The van der Waals surface area contributed by atoms with Crippen molar-refractivity contribution in [3.63, 3.8) is 0 Å². The van der Waals surface area contributed by atoms with Crippen molar-refractivity contribution in [2.45, 2.75) is 45.6 Å². The van der Waals surface area contributed by atoms with Gasteiger partial charge in [0.15, 0.2) is 6.61 Å². The Hall–Kier alpha value is -3.00. The van der Waals surface area contributed by atoms with Crippen molar-refractivity contribution in [3.8, 4) is 17.6 Å². The topological polar surface area (TPSA) is 51.5 Å². The third kappa shape index (κ3) is 5.33. The quantitative estimate of drug-likeness (QED) is 0.718. The summed E-state index contributed by atoms with van der Waals surface area (Å²) in [6.45, 7) is 3.96. The Balaban J connectivity index is 1.38. The summed E-state index contributed by atoms with van der Waals surface area (Å²) < 4.78 is 7.35. The van der Waals surface area contributed by atoms with Crippen LogP contribution in [0, 0.1) is 24.7 Å². The lowest BCUT2D eigenvalue weighted by molar-refractivity contribution is -0.134. The minimum atomic E-state index is -0.131. The second-order valence-electron chi connectivity index (χ2n) is 8.23. The largest absolute Gasteiger partial charge is 0.484 e. The third-order valence-corrected chi connectivity index (χ3v) is 5.67. The van der Waals surface area contributed by atoms with E-state index in [9.17, 15) is 9.59 Å². The minimum absolute atomic E-state index is 0.0126. The molecule has 1 aliphatic heterocycles. The summed E-state index contributed by atoms with van der Waals surface area (Å²) in [6, 6.07) is 11.3. The number of amides is 1. The molecule has 5 heteroatoms. The summed E-state index contributed by atoms with van der Waals surface area (Å²) in [4.78, 5) is 26.7. The molecule has 0 bridgehead atoms. The molecule has 2 heterocycles. The number of pyridine rings is 1. The van der Waals surface area contributed by atoms with Crippen LogP contribution in [0.1, 0.15) is 48.9 Å². The van der Waals surface area contributed by atoms with E-state index < -0.39 is 0 Å². The highest BCUT2D eigenvalue weighted by Gasteiger charge is 2.18. The molecular formula is C25H28N2O3. The fraction of sp³-hybridized carbons (Fsp3) is 0.440. The third-order valence-electron chi connectivity index (χ3n) is 5.67. The number of aromatic nitrogens is 1. The summed E-state index contributed by atoms with van der Waals surface area (Å²) in [5.41, 5.74) is 2.73. The lowest BCUT2D eigenvalue weighted by Crippen LogP contribution is -2.38. The Bertz CT molecular complexity index is 1020. The number of carbonyl (C=O) groups is 1. The van der Waals surface area contributed by atoms with Crippen molar-refractivity contribution in [1.82, 2.24) is 9.47 Å². The maximum absolute atomic E-state index is 12.6. The second-order valence-corrected chi connectivity index (χ2v) is 8.23. The van der Waals surface area contributed by atoms with Gasteiger partial charge in [-0.25, -0.2) is 0 Å². The van der Waals surface area contributed by atoms with Crippen LogP contribution in [0.4, 0.5) is 0 Å². The maximum Gasteiger partial charge on any atom is 0.260 e. The summed E-state index contributed by atoms with van der Waals surface area (Å²) in [5.74, 6) is 7.49. The van der Waals surface area contributed by atoms with Crippen LogP contribution in [0.15, 0.2) is 41.2 Å². The van der Waals surface area contributed by atoms with Gasteiger partial charge in [0.1, 0.15) is 5.75 Å². The van der Waals surface area contributed by atoms with Gasteiger partial charge in [0.25, 0.3) is 11.5 Å². The first-order valence-electron chi connectivity index (χ1n) is 10.8. The SMILES string of the molecule is Cc1cc(OCC(=O)N2CCCCC2)cc(=O)n1Cc1ccc(C#CC2CC2)cc1. The highest BCUT2D eigenvalue weighted by Crippen LogP contribution is 2.27. The van der Waals surface area contributed by atoms with Crippen LogP contribution in [0.5, 0.6) is 5.75 Å². The average molecular weight is 405 g/mol. The molecule has 2 aliphatic rings. The first-order chi connectivity index (χ1) is 14.6. The van der Waals surface area contributed by atoms with Gasteiger partial charge in [-0.05, 0) is 62.8 Å². The van der Waals surface area contributed by atoms with Crippen LogP contribution in [0.2, 0.25) is 0 Å². The van der Waals surface area contributed by atoms with Crippen molar-refractivity contribution in [2.24, 2.45) is 5.92 Å². The van der Waals surface area contributed by atoms with Crippen LogP contribution in [-0.4, -0.2) is 35.1 Å². The number of carbonyl (C=O) groups excluding carboxylic acids is 1. The number of likely N-dealkylation sites (tertiary alicyclic amines) is 1.